The number of aryl methyl sites for hydroxylation is 1. The van der Waals surface area contributed by atoms with Gasteiger partial charge in [-0.25, -0.2) is 14.4 Å². The molecule has 1 unspecified atom stereocenters. The molecule has 0 saturated carbocycles. The molecule has 0 heterocycles. The van der Waals surface area contributed by atoms with Gasteiger partial charge in [0.05, 0.1) is 18.0 Å². The van der Waals surface area contributed by atoms with Crippen LogP contribution >= 0.6 is 0 Å². The predicted molar refractivity (Wildman–Crippen MR) is 108 cm³/mol. The highest BCUT2D eigenvalue weighted by Gasteiger charge is 2.01. The molecule has 0 saturated heterocycles. The molecule has 0 spiro atoms. The van der Waals surface area contributed by atoms with Crippen LogP contribution in [0.3, 0.4) is 0 Å². The van der Waals surface area contributed by atoms with Crippen molar-refractivity contribution in [3.8, 4) is 0 Å². The maximum atomic E-state index is 10.00. The molecule has 1 aromatic rings. The summed E-state index contributed by atoms with van der Waals surface area (Å²) in [4.78, 5) is 36.4. The van der Waals surface area contributed by atoms with E-state index in [4.69, 9.17) is 5.11 Å². The number of nitrogens with two attached hydrogens (primary N) is 1. The third-order valence-corrected chi connectivity index (χ3v) is 3.62. The van der Waals surface area contributed by atoms with Gasteiger partial charge in [-0.05, 0) is 43.9 Å². The topological polar surface area (TPSA) is 131 Å². The van der Waals surface area contributed by atoms with Crippen LogP contribution < -0.4 is 5.73 Å². The number of aliphatic imine (C=N–C) groups is 2. The number of hydrogen-bond donors (Lipinski definition) is 2. The minimum atomic E-state index is -0.711. The minimum absolute atomic E-state index is 0.356. The van der Waals surface area contributed by atoms with Gasteiger partial charge < -0.3 is 15.6 Å². The molecule has 0 bridgehead atoms. The summed E-state index contributed by atoms with van der Waals surface area (Å²) in [6.45, 7) is 8.54. The second kappa shape index (κ2) is 19.0. The van der Waals surface area contributed by atoms with Crippen molar-refractivity contribution in [2.24, 2.45) is 21.6 Å². The lowest BCUT2D eigenvalue weighted by molar-refractivity contribution is 0.163. The SMILES string of the molecule is CCCCC(CC)CO.CCOC(N)=O.Cc1ccc(N=C=O)cc1N=C=O. The van der Waals surface area contributed by atoms with Crippen molar-refractivity contribution in [1.29, 1.82) is 0 Å². The first kappa shape index (κ1) is 27.4. The van der Waals surface area contributed by atoms with Crippen LogP contribution in [0.25, 0.3) is 0 Å². The maximum absolute atomic E-state index is 10.00. The lowest BCUT2D eigenvalue weighted by Crippen LogP contribution is -2.11. The van der Waals surface area contributed by atoms with Gasteiger partial charge in [0.2, 0.25) is 12.2 Å². The van der Waals surface area contributed by atoms with Gasteiger partial charge in [-0.3, -0.25) is 0 Å². The smallest absolute Gasteiger partial charge is 0.404 e. The van der Waals surface area contributed by atoms with Gasteiger partial charge in [0.25, 0.3) is 0 Å². The van der Waals surface area contributed by atoms with E-state index >= 15 is 0 Å². The van der Waals surface area contributed by atoms with E-state index in [0.29, 0.717) is 30.5 Å². The van der Waals surface area contributed by atoms with Crippen LogP contribution in [-0.4, -0.2) is 36.6 Å². The van der Waals surface area contributed by atoms with Gasteiger partial charge in [0.15, 0.2) is 0 Å². The van der Waals surface area contributed by atoms with Crippen LogP contribution in [0.1, 0.15) is 52.0 Å². The highest BCUT2D eigenvalue weighted by Crippen LogP contribution is 2.23. The number of ether oxygens (including phenoxy) is 1. The van der Waals surface area contributed by atoms with Crippen molar-refractivity contribution in [2.45, 2.75) is 53.4 Å². The Kier molecular flexibility index (Phi) is 18.6. The van der Waals surface area contributed by atoms with Crippen molar-refractivity contribution < 1.29 is 24.2 Å². The number of benzene rings is 1. The van der Waals surface area contributed by atoms with Crippen LogP contribution in [-0.2, 0) is 14.3 Å². The van der Waals surface area contributed by atoms with Crippen LogP contribution in [0.15, 0.2) is 28.2 Å². The number of aliphatic hydroxyl groups excluding tert-OH is 1. The average Bonchev–Trinajstić information content (AvgIpc) is 2.67. The van der Waals surface area contributed by atoms with Gasteiger partial charge in [-0.15, -0.1) is 0 Å². The number of rotatable bonds is 8. The Balaban J connectivity index is 0. The number of amides is 1. The molecule has 0 aromatic heterocycles. The number of primary amides is 1. The summed E-state index contributed by atoms with van der Waals surface area (Å²) in [6.07, 6.45) is 6.95. The normalized spacial score (nSPS) is 9.89. The molecule has 1 aromatic carbocycles. The fourth-order valence-corrected chi connectivity index (χ4v) is 1.95. The largest absolute Gasteiger partial charge is 0.450 e. The van der Waals surface area contributed by atoms with Gasteiger partial charge in [0, 0.05) is 6.61 Å². The molecular formula is C20H31N3O5. The number of carbonyl (C=O) groups is 1. The Labute approximate surface area is 166 Å². The van der Waals surface area contributed by atoms with Crippen molar-refractivity contribution >= 4 is 29.6 Å². The molecule has 0 aliphatic rings. The highest BCUT2D eigenvalue weighted by atomic mass is 16.5. The first-order valence-corrected chi connectivity index (χ1v) is 9.19. The van der Waals surface area contributed by atoms with E-state index in [1.807, 2.05) is 0 Å². The van der Waals surface area contributed by atoms with Crippen molar-refractivity contribution in [3.05, 3.63) is 23.8 Å². The lowest BCUT2D eigenvalue weighted by atomic mass is 10.0. The first-order valence-electron chi connectivity index (χ1n) is 9.19. The number of unbranched alkanes of at least 4 members (excludes halogenated alkanes) is 1. The number of aliphatic hydroxyl groups is 1. The summed E-state index contributed by atoms with van der Waals surface area (Å²) in [5.41, 5.74) is 6.26. The average molecular weight is 393 g/mol. The molecule has 0 aliphatic carbocycles. The summed E-state index contributed by atoms with van der Waals surface area (Å²) < 4.78 is 4.18. The number of nitrogens with zero attached hydrogens (tertiary/aromatic N) is 2. The van der Waals surface area contributed by atoms with E-state index in [2.05, 4.69) is 34.3 Å². The zero-order valence-electron chi connectivity index (χ0n) is 17.1. The second-order valence-electron chi connectivity index (χ2n) is 5.73. The number of hydrogen-bond acceptors (Lipinski definition) is 7. The van der Waals surface area contributed by atoms with E-state index in [-0.39, 0.29) is 0 Å². The van der Waals surface area contributed by atoms with E-state index in [1.54, 1.807) is 26.0 Å². The molecule has 0 radical (unpaired) electrons. The molecule has 1 atom stereocenters. The Hall–Kier alpha value is -2.79. The zero-order chi connectivity index (χ0) is 21.8. The molecule has 8 heteroatoms. The fourth-order valence-electron chi connectivity index (χ4n) is 1.95. The van der Waals surface area contributed by atoms with E-state index < -0.39 is 6.09 Å². The Morgan fingerprint density at radius 3 is 2.25 bits per heavy atom. The van der Waals surface area contributed by atoms with Crippen LogP contribution in [0.2, 0.25) is 0 Å². The Morgan fingerprint density at radius 2 is 1.86 bits per heavy atom. The monoisotopic (exact) mass is 393 g/mol. The lowest BCUT2D eigenvalue weighted by Gasteiger charge is -2.08. The molecule has 28 heavy (non-hydrogen) atoms. The van der Waals surface area contributed by atoms with Crippen LogP contribution in [0.4, 0.5) is 16.2 Å². The second-order valence-corrected chi connectivity index (χ2v) is 5.73. The van der Waals surface area contributed by atoms with E-state index in [9.17, 15) is 14.4 Å². The Bertz CT molecular complexity index is 647. The standard InChI is InChI=1S/C9H6N2O2.C8H18O.C3H7NO2/c1-7-2-3-8(10-5-12)4-9(7)11-6-13;1-3-5-6-8(4-2)7-9;1-2-6-3(4)5/h2-4H,1H3;8-9H,3-7H2,1-2H3;2H2,1H3,(H2,4,5). The van der Waals surface area contributed by atoms with Gasteiger partial charge in [-0.1, -0.05) is 39.2 Å². The summed E-state index contributed by atoms with van der Waals surface area (Å²) in [6, 6.07) is 4.88. The number of carbonyl (C=O) groups excluding carboxylic acids is 3. The van der Waals surface area contributed by atoms with E-state index in [0.717, 1.165) is 12.0 Å². The van der Waals surface area contributed by atoms with Crippen LogP contribution in [0, 0.1) is 12.8 Å². The molecule has 0 fully saturated rings. The summed E-state index contributed by atoms with van der Waals surface area (Å²) in [5, 5.41) is 8.75. The quantitative estimate of drug-likeness (QED) is 0.504. The molecule has 1 rings (SSSR count). The predicted octanol–water partition coefficient (Wildman–Crippen LogP) is 4.23. The minimum Gasteiger partial charge on any atom is -0.450 e. The zero-order valence-corrected chi connectivity index (χ0v) is 17.1. The summed E-state index contributed by atoms with van der Waals surface area (Å²) in [7, 11) is 0. The van der Waals surface area contributed by atoms with Gasteiger partial charge in [0.1, 0.15) is 0 Å². The Morgan fingerprint density at radius 1 is 1.21 bits per heavy atom. The first-order chi connectivity index (χ1) is 13.4. The number of isocyanates is 2. The summed E-state index contributed by atoms with van der Waals surface area (Å²) >= 11 is 0. The molecule has 3 N–H and O–H groups in total. The fraction of sp³-hybridized carbons (Fsp3) is 0.550. The molecule has 8 nitrogen and oxygen atoms in total. The molecular weight excluding hydrogens is 362 g/mol. The molecule has 0 aliphatic heterocycles. The maximum Gasteiger partial charge on any atom is 0.404 e. The third kappa shape index (κ3) is 15.5. The van der Waals surface area contributed by atoms with Gasteiger partial charge in [-0.2, -0.15) is 9.98 Å². The highest BCUT2D eigenvalue weighted by molar-refractivity contribution is 5.64. The summed E-state index contributed by atoms with van der Waals surface area (Å²) in [5.74, 6) is 0.560. The van der Waals surface area contributed by atoms with Crippen molar-refractivity contribution in [3.63, 3.8) is 0 Å². The van der Waals surface area contributed by atoms with E-state index in [1.165, 1.54) is 37.5 Å². The third-order valence-electron chi connectivity index (χ3n) is 3.62. The van der Waals surface area contributed by atoms with Gasteiger partial charge >= 0.3 is 6.09 Å². The molecule has 156 valence electrons. The van der Waals surface area contributed by atoms with Crippen LogP contribution in [0.5, 0.6) is 0 Å². The van der Waals surface area contributed by atoms with Crippen molar-refractivity contribution in [1.82, 2.24) is 0 Å². The van der Waals surface area contributed by atoms with Crippen molar-refractivity contribution in [2.75, 3.05) is 13.2 Å². The molecule has 1 amide bonds.